The monoisotopic (exact) mass is 790 g/mol. The van der Waals surface area contributed by atoms with E-state index in [-0.39, 0.29) is 32.2 Å². The van der Waals surface area contributed by atoms with Crippen molar-refractivity contribution in [1.29, 1.82) is 0 Å². The van der Waals surface area contributed by atoms with Crippen LogP contribution in [0.5, 0.6) is 0 Å². The number of carbonyl (C=O) groups is 2. The molecular weight excluding hydrogens is 709 g/mol. The fourth-order valence-electron chi connectivity index (χ4n) is 5.75. The van der Waals surface area contributed by atoms with Crippen LogP contribution in [0.1, 0.15) is 174 Å². The van der Waals surface area contributed by atoms with Crippen LogP contribution < -0.4 is 4.89 Å². The molecule has 3 atom stereocenters. The molecule has 0 saturated carbocycles. The van der Waals surface area contributed by atoms with E-state index < -0.39 is 32.5 Å². The molecule has 0 aliphatic carbocycles. The first-order valence-corrected chi connectivity index (χ1v) is 22.8. The second-order valence-corrected chi connectivity index (χ2v) is 17.0. The van der Waals surface area contributed by atoms with Crippen molar-refractivity contribution in [3.63, 3.8) is 0 Å². The summed E-state index contributed by atoms with van der Waals surface area (Å²) in [5.74, 6) is -0.891. The molecule has 0 bridgehead atoms. The summed E-state index contributed by atoms with van der Waals surface area (Å²) >= 11 is 0. The summed E-state index contributed by atoms with van der Waals surface area (Å²) in [5.41, 5.74) is 0. The standard InChI is InChI=1S/C42H80NO10P/c1-6-8-10-11-12-13-14-15-16-19-22-25-29-33-41(44)49-37-40(38-51-54(47,48)50-36-35-43(3,4)5)52-42(45)34-30-26-23-20-17-18-21-24-28-32-39(53-46)31-27-9-7-2/h21,24,28,32,39-40H,6-20,22-23,25-27,29-31,33-38H2,1-5H3,(H-,46,47,48)/b24-21-,32-28+. The summed E-state index contributed by atoms with van der Waals surface area (Å²) in [6, 6.07) is 0. The molecule has 1 N–H and O–H groups in total. The van der Waals surface area contributed by atoms with Gasteiger partial charge in [-0.1, -0.05) is 154 Å². The van der Waals surface area contributed by atoms with Crippen molar-refractivity contribution in [1.82, 2.24) is 0 Å². The van der Waals surface area contributed by atoms with Crippen LogP contribution in [0.15, 0.2) is 24.3 Å². The van der Waals surface area contributed by atoms with Crippen molar-refractivity contribution in [2.45, 2.75) is 187 Å². The molecule has 3 unspecified atom stereocenters. The SMILES string of the molecule is CCCCCCCCCCCCCCCC(=O)OCC(COP(=O)([O-])OCC[N+](C)(C)C)OC(=O)CCCCCCC/C=C\C=C\C(CCCCC)OO. The summed E-state index contributed by atoms with van der Waals surface area (Å²) in [6.07, 6.45) is 32.3. The van der Waals surface area contributed by atoms with Crippen LogP contribution >= 0.6 is 7.82 Å². The lowest BCUT2D eigenvalue weighted by Crippen LogP contribution is -2.37. The largest absolute Gasteiger partial charge is 0.756 e. The molecule has 0 spiro atoms. The van der Waals surface area contributed by atoms with Gasteiger partial charge in [-0.15, -0.1) is 0 Å². The average Bonchev–Trinajstić information content (AvgIpc) is 3.12. The molecule has 0 rings (SSSR count). The quantitative estimate of drug-likeness (QED) is 0.0122. The summed E-state index contributed by atoms with van der Waals surface area (Å²) < 4.78 is 33.8. The molecule has 0 fully saturated rings. The Hall–Kier alpha value is -1.59. The van der Waals surface area contributed by atoms with E-state index >= 15 is 0 Å². The van der Waals surface area contributed by atoms with Gasteiger partial charge in [0, 0.05) is 12.8 Å². The van der Waals surface area contributed by atoms with Gasteiger partial charge in [-0.25, -0.2) is 4.89 Å². The van der Waals surface area contributed by atoms with Gasteiger partial charge in [-0.05, 0) is 32.1 Å². The van der Waals surface area contributed by atoms with Crippen molar-refractivity contribution in [2.24, 2.45) is 0 Å². The van der Waals surface area contributed by atoms with Gasteiger partial charge in [0.1, 0.15) is 25.9 Å². The topological polar surface area (TPSA) is 141 Å². The highest BCUT2D eigenvalue weighted by Gasteiger charge is 2.21. The third kappa shape index (κ3) is 37.3. The first kappa shape index (κ1) is 52.4. The minimum absolute atomic E-state index is 0.0458. The van der Waals surface area contributed by atoms with E-state index in [1.807, 2.05) is 39.4 Å². The van der Waals surface area contributed by atoms with Crippen molar-refractivity contribution in [2.75, 3.05) is 47.5 Å². The number of ether oxygens (including phenoxy) is 2. The van der Waals surface area contributed by atoms with Crippen LogP contribution in [0, 0.1) is 0 Å². The van der Waals surface area contributed by atoms with Crippen molar-refractivity contribution < 1.29 is 52.2 Å². The number of esters is 2. The van der Waals surface area contributed by atoms with Gasteiger partial charge in [0.05, 0.1) is 27.7 Å². The Kier molecular flexibility index (Phi) is 34.7. The van der Waals surface area contributed by atoms with Crippen LogP contribution in [0.2, 0.25) is 0 Å². The second-order valence-electron chi connectivity index (χ2n) is 15.6. The van der Waals surface area contributed by atoms with Gasteiger partial charge >= 0.3 is 11.9 Å². The van der Waals surface area contributed by atoms with Crippen molar-refractivity contribution in [3.8, 4) is 0 Å². The number of likely N-dealkylation sites (N-methyl/N-ethyl adjacent to an activating group) is 1. The van der Waals surface area contributed by atoms with Crippen molar-refractivity contribution in [3.05, 3.63) is 24.3 Å². The first-order valence-electron chi connectivity index (χ1n) is 21.3. The Morgan fingerprint density at radius 1 is 0.685 bits per heavy atom. The minimum atomic E-state index is -4.64. The molecule has 0 aromatic rings. The number of phosphoric ester groups is 1. The predicted octanol–water partition coefficient (Wildman–Crippen LogP) is 10.4. The van der Waals surface area contributed by atoms with E-state index in [1.165, 1.54) is 64.2 Å². The fraction of sp³-hybridized carbons (Fsp3) is 0.857. The van der Waals surface area contributed by atoms with E-state index in [2.05, 4.69) is 24.8 Å². The Morgan fingerprint density at radius 3 is 1.76 bits per heavy atom. The maximum atomic E-state index is 12.7. The average molecular weight is 790 g/mol. The lowest BCUT2D eigenvalue weighted by Gasteiger charge is -2.28. The Bertz CT molecular complexity index is 1000. The predicted molar refractivity (Wildman–Crippen MR) is 216 cm³/mol. The maximum Gasteiger partial charge on any atom is 0.306 e. The van der Waals surface area contributed by atoms with E-state index in [1.54, 1.807) is 0 Å². The highest BCUT2D eigenvalue weighted by Crippen LogP contribution is 2.38. The molecule has 318 valence electrons. The Morgan fingerprint density at radius 2 is 1.20 bits per heavy atom. The van der Waals surface area contributed by atoms with Crippen LogP contribution in [-0.2, 0) is 37.6 Å². The van der Waals surface area contributed by atoms with Gasteiger partial charge in [-0.3, -0.25) is 19.4 Å². The highest BCUT2D eigenvalue weighted by atomic mass is 31.2. The highest BCUT2D eigenvalue weighted by molar-refractivity contribution is 7.45. The number of hydrogen-bond acceptors (Lipinski definition) is 10. The van der Waals surface area contributed by atoms with Crippen LogP contribution in [0.25, 0.3) is 0 Å². The van der Waals surface area contributed by atoms with Crippen LogP contribution in [0.4, 0.5) is 0 Å². The first-order chi connectivity index (χ1) is 25.9. The molecule has 0 heterocycles. The molecule has 0 radical (unpaired) electrons. The molecular formula is C42H80NO10P. The fourth-order valence-corrected chi connectivity index (χ4v) is 6.48. The number of phosphoric acid groups is 1. The van der Waals surface area contributed by atoms with E-state index in [0.717, 1.165) is 77.0 Å². The van der Waals surface area contributed by atoms with Gasteiger partial charge in [0.15, 0.2) is 6.10 Å². The third-order valence-corrected chi connectivity index (χ3v) is 10.2. The van der Waals surface area contributed by atoms with Crippen molar-refractivity contribution >= 4 is 19.8 Å². The summed E-state index contributed by atoms with van der Waals surface area (Å²) in [4.78, 5) is 42.0. The van der Waals surface area contributed by atoms with Gasteiger partial charge in [0.2, 0.25) is 0 Å². The molecule has 0 aromatic carbocycles. The number of allylic oxidation sites excluding steroid dienone is 3. The zero-order chi connectivity index (χ0) is 40.2. The zero-order valence-electron chi connectivity index (χ0n) is 35.0. The second kappa shape index (κ2) is 35.8. The number of hydrogen-bond donors (Lipinski definition) is 1. The Labute approximate surface area is 329 Å². The summed E-state index contributed by atoms with van der Waals surface area (Å²) in [6.45, 7) is 4.03. The molecule has 0 aliphatic heterocycles. The number of unbranched alkanes of at least 4 members (excludes halogenated alkanes) is 19. The summed E-state index contributed by atoms with van der Waals surface area (Å²) in [7, 11) is 1.11. The molecule has 11 nitrogen and oxygen atoms in total. The van der Waals surface area contributed by atoms with Crippen LogP contribution in [0.3, 0.4) is 0 Å². The smallest absolute Gasteiger partial charge is 0.306 e. The van der Waals surface area contributed by atoms with Crippen LogP contribution in [-0.4, -0.2) is 81.4 Å². The van der Waals surface area contributed by atoms with E-state index in [0.29, 0.717) is 17.4 Å². The van der Waals surface area contributed by atoms with Gasteiger partial charge < -0.3 is 27.9 Å². The summed E-state index contributed by atoms with van der Waals surface area (Å²) in [5, 5.41) is 9.02. The number of carbonyl (C=O) groups excluding carboxylic acids is 2. The molecule has 0 aliphatic rings. The Balaban J connectivity index is 4.48. The molecule has 54 heavy (non-hydrogen) atoms. The lowest BCUT2D eigenvalue weighted by molar-refractivity contribution is -0.870. The maximum absolute atomic E-state index is 12.7. The number of nitrogens with zero attached hydrogens (tertiary/aromatic N) is 1. The molecule has 0 saturated heterocycles. The minimum Gasteiger partial charge on any atom is -0.756 e. The van der Waals surface area contributed by atoms with Gasteiger partial charge in [-0.2, -0.15) is 0 Å². The lowest BCUT2D eigenvalue weighted by atomic mass is 10.0. The zero-order valence-corrected chi connectivity index (χ0v) is 35.9. The van der Waals surface area contributed by atoms with Gasteiger partial charge in [0.25, 0.3) is 7.82 Å². The molecule has 12 heteroatoms. The number of quaternary nitrogens is 1. The molecule has 0 amide bonds. The molecule has 0 aromatic heterocycles. The van der Waals surface area contributed by atoms with E-state index in [4.69, 9.17) is 23.8 Å². The number of rotatable bonds is 39. The van der Waals surface area contributed by atoms with E-state index in [9.17, 15) is 19.0 Å². The normalized spacial score (nSPS) is 14.4. The third-order valence-electron chi connectivity index (χ3n) is 9.20.